The minimum absolute atomic E-state index is 0.00736. The van der Waals surface area contributed by atoms with Crippen molar-refractivity contribution in [1.29, 1.82) is 0 Å². The number of hydrazone groups is 1. The van der Waals surface area contributed by atoms with Crippen molar-refractivity contribution < 1.29 is 14.6 Å². The Labute approximate surface area is 178 Å². The quantitative estimate of drug-likeness (QED) is 0.274. The molecule has 10 nitrogen and oxygen atoms in total. The van der Waals surface area contributed by atoms with Gasteiger partial charge in [-0.3, -0.25) is 25.0 Å². The Bertz CT molecular complexity index is 1340. The van der Waals surface area contributed by atoms with E-state index in [2.05, 4.69) is 10.5 Å². The fourth-order valence-corrected chi connectivity index (χ4v) is 3.87. The molecule has 31 heavy (non-hydrogen) atoms. The van der Waals surface area contributed by atoms with Gasteiger partial charge in [0.1, 0.15) is 0 Å². The fourth-order valence-electron chi connectivity index (χ4n) is 2.94. The summed E-state index contributed by atoms with van der Waals surface area (Å²) in [6.07, 6.45) is 3.22. The highest BCUT2D eigenvalue weighted by atomic mass is 32.1. The Balaban J connectivity index is 1.48. The van der Waals surface area contributed by atoms with Gasteiger partial charge in [-0.25, -0.2) is 5.43 Å². The van der Waals surface area contributed by atoms with Gasteiger partial charge in [-0.05, 0) is 36.4 Å². The zero-order valence-electron chi connectivity index (χ0n) is 15.7. The number of nitro groups is 2. The zero-order valence-corrected chi connectivity index (χ0v) is 16.5. The lowest BCUT2D eigenvalue weighted by Gasteiger charge is -2.05. The van der Waals surface area contributed by atoms with Gasteiger partial charge in [0.05, 0.1) is 26.6 Å². The second-order valence-corrected chi connectivity index (χ2v) is 7.45. The first-order valence-corrected chi connectivity index (χ1v) is 9.67. The molecule has 4 aromatic rings. The highest BCUT2D eigenvalue weighted by Gasteiger charge is 2.13. The van der Waals surface area contributed by atoms with E-state index in [1.165, 1.54) is 41.8 Å². The number of rotatable bonds is 6. The summed E-state index contributed by atoms with van der Waals surface area (Å²) >= 11 is 1.21. The lowest BCUT2D eigenvalue weighted by Crippen LogP contribution is -2.16. The van der Waals surface area contributed by atoms with E-state index < -0.39 is 15.8 Å². The van der Waals surface area contributed by atoms with Crippen LogP contribution in [0.2, 0.25) is 0 Å². The van der Waals surface area contributed by atoms with Crippen molar-refractivity contribution in [2.75, 3.05) is 0 Å². The van der Waals surface area contributed by atoms with Crippen LogP contribution in [0.5, 0.6) is 0 Å². The number of amides is 1. The minimum atomic E-state index is -0.485. The van der Waals surface area contributed by atoms with Crippen molar-refractivity contribution in [3.05, 3.63) is 97.7 Å². The van der Waals surface area contributed by atoms with Crippen molar-refractivity contribution in [3.8, 4) is 5.69 Å². The number of carbonyl (C=O) groups is 1. The molecule has 0 atom stereocenters. The lowest BCUT2D eigenvalue weighted by molar-refractivity contribution is -0.385. The number of hydrogen-bond acceptors (Lipinski definition) is 7. The summed E-state index contributed by atoms with van der Waals surface area (Å²) in [7, 11) is 0. The second kappa shape index (κ2) is 8.16. The molecule has 154 valence electrons. The Morgan fingerprint density at radius 3 is 2.42 bits per heavy atom. The first-order valence-electron chi connectivity index (χ1n) is 8.86. The third-order valence-electron chi connectivity index (χ3n) is 4.42. The molecular formula is C20H13N5O5S. The third-order valence-corrected chi connectivity index (χ3v) is 5.53. The van der Waals surface area contributed by atoms with Gasteiger partial charge < -0.3 is 4.57 Å². The molecule has 1 N–H and O–H groups in total. The predicted octanol–water partition coefficient (Wildman–Crippen LogP) is 4.27. The molecule has 1 amide bonds. The number of nitrogens with one attached hydrogen (secondary N) is 1. The maximum atomic E-state index is 12.4. The first kappa shape index (κ1) is 19.9. The van der Waals surface area contributed by atoms with Crippen LogP contribution >= 0.6 is 11.3 Å². The summed E-state index contributed by atoms with van der Waals surface area (Å²) in [5.74, 6) is -0.437. The summed E-state index contributed by atoms with van der Waals surface area (Å²) in [5.41, 5.74) is 3.75. The molecule has 0 aliphatic heterocycles. The van der Waals surface area contributed by atoms with Gasteiger partial charge in [0.2, 0.25) is 0 Å². The number of nitro benzene ring substituents is 2. The van der Waals surface area contributed by atoms with Gasteiger partial charge in [0, 0.05) is 46.2 Å². The van der Waals surface area contributed by atoms with Crippen LogP contribution in [0, 0.1) is 20.2 Å². The highest BCUT2D eigenvalue weighted by Crippen LogP contribution is 2.28. The van der Waals surface area contributed by atoms with E-state index in [9.17, 15) is 25.0 Å². The van der Waals surface area contributed by atoms with Gasteiger partial charge in [0.25, 0.3) is 17.3 Å². The Hall–Kier alpha value is -4.38. The van der Waals surface area contributed by atoms with Crippen molar-refractivity contribution in [1.82, 2.24) is 9.99 Å². The SMILES string of the molecule is O=C(N/N=C\c1cccn1-c1ccc([N+](=O)[O-])cc1)c1cc2cc([N+](=O)[O-])ccc2s1. The van der Waals surface area contributed by atoms with Gasteiger partial charge in [-0.1, -0.05) is 0 Å². The third kappa shape index (κ3) is 4.16. The number of aromatic nitrogens is 1. The molecule has 4 rings (SSSR count). The molecule has 0 radical (unpaired) electrons. The number of nitrogens with zero attached hydrogens (tertiary/aromatic N) is 4. The Morgan fingerprint density at radius 1 is 1.00 bits per heavy atom. The summed E-state index contributed by atoms with van der Waals surface area (Å²) < 4.78 is 2.52. The van der Waals surface area contributed by atoms with E-state index in [0.29, 0.717) is 21.6 Å². The van der Waals surface area contributed by atoms with Crippen LogP contribution in [0.3, 0.4) is 0 Å². The molecule has 0 aliphatic rings. The van der Waals surface area contributed by atoms with Crippen LogP contribution in [0.25, 0.3) is 15.8 Å². The molecule has 2 heterocycles. The topological polar surface area (TPSA) is 133 Å². The summed E-state index contributed by atoms with van der Waals surface area (Å²) in [6, 6.07) is 15.6. The summed E-state index contributed by atoms with van der Waals surface area (Å²) in [4.78, 5) is 33.5. The highest BCUT2D eigenvalue weighted by molar-refractivity contribution is 7.20. The van der Waals surface area contributed by atoms with Crippen LogP contribution in [-0.2, 0) is 0 Å². The van der Waals surface area contributed by atoms with Gasteiger partial charge >= 0.3 is 0 Å². The van der Waals surface area contributed by atoms with Crippen LogP contribution in [0.4, 0.5) is 11.4 Å². The summed E-state index contributed by atoms with van der Waals surface area (Å²) in [6.45, 7) is 0. The largest absolute Gasteiger partial charge is 0.316 e. The maximum Gasteiger partial charge on any atom is 0.281 e. The second-order valence-electron chi connectivity index (χ2n) is 6.37. The van der Waals surface area contributed by atoms with Crippen molar-refractivity contribution in [2.45, 2.75) is 0 Å². The van der Waals surface area contributed by atoms with Crippen LogP contribution in [-0.4, -0.2) is 26.5 Å². The average Bonchev–Trinajstić information content (AvgIpc) is 3.40. The molecule has 0 unspecified atom stereocenters. The standard InChI is InChI=1S/C20H13N5O5S/c26-20(19-11-13-10-16(25(29)30)7-8-18(13)31-19)22-21-12-17-2-1-9-23(17)14-3-5-15(6-4-14)24(27)28/h1-12H,(H,22,26)/b21-12-. The van der Waals surface area contributed by atoms with Crippen molar-refractivity contribution in [3.63, 3.8) is 0 Å². The fraction of sp³-hybridized carbons (Fsp3) is 0. The average molecular weight is 435 g/mol. The molecule has 2 aromatic carbocycles. The molecule has 2 aromatic heterocycles. The predicted molar refractivity (Wildman–Crippen MR) is 116 cm³/mol. The van der Waals surface area contributed by atoms with Gasteiger partial charge in [0.15, 0.2) is 0 Å². The van der Waals surface area contributed by atoms with E-state index in [4.69, 9.17) is 0 Å². The van der Waals surface area contributed by atoms with Crippen molar-refractivity contribution >= 4 is 44.9 Å². The van der Waals surface area contributed by atoms with E-state index in [-0.39, 0.29) is 11.4 Å². The van der Waals surface area contributed by atoms with Crippen LogP contribution in [0.1, 0.15) is 15.4 Å². The molecular weight excluding hydrogens is 422 g/mol. The molecule has 0 spiro atoms. The van der Waals surface area contributed by atoms with Gasteiger partial charge in [-0.15, -0.1) is 11.3 Å². The first-order chi connectivity index (χ1) is 14.9. The Morgan fingerprint density at radius 2 is 1.71 bits per heavy atom. The molecule has 0 aliphatic carbocycles. The number of carbonyl (C=O) groups excluding carboxylic acids is 1. The monoisotopic (exact) mass is 435 g/mol. The van der Waals surface area contributed by atoms with Crippen LogP contribution < -0.4 is 5.43 Å². The summed E-state index contributed by atoms with van der Waals surface area (Å²) in [5, 5.41) is 26.3. The van der Waals surface area contributed by atoms with Crippen LogP contribution in [0.15, 0.2) is 72.0 Å². The number of hydrogen-bond donors (Lipinski definition) is 1. The van der Waals surface area contributed by atoms with E-state index in [1.807, 2.05) is 0 Å². The maximum absolute atomic E-state index is 12.4. The molecule has 0 saturated heterocycles. The number of non-ortho nitro benzene ring substituents is 2. The minimum Gasteiger partial charge on any atom is -0.316 e. The van der Waals surface area contributed by atoms with E-state index in [1.54, 1.807) is 47.2 Å². The molecule has 11 heteroatoms. The number of fused-ring (bicyclic) bond motifs is 1. The zero-order chi connectivity index (χ0) is 22.0. The smallest absolute Gasteiger partial charge is 0.281 e. The Kier molecular flexibility index (Phi) is 5.24. The molecule has 0 bridgehead atoms. The van der Waals surface area contributed by atoms with E-state index in [0.717, 1.165) is 4.70 Å². The molecule has 0 fully saturated rings. The number of benzene rings is 2. The van der Waals surface area contributed by atoms with Crippen molar-refractivity contribution in [2.24, 2.45) is 5.10 Å². The van der Waals surface area contributed by atoms with Gasteiger partial charge in [-0.2, -0.15) is 5.10 Å². The van der Waals surface area contributed by atoms with E-state index >= 15 is 0 Å². The number of thiophene rings is 1. The molecule has 0 saturated carbocycles. The lowest BCUT2D eigenvalue weighted by atomic mass is 10.2. The normalized spacial score (nSPS) is 11.1.